The van der Waals surface area contributed by atoms with E-state index in [0.717, 1.165) is 33.6 Å². The number of hydrogen-bond donors (Lipinski definition) is 2. The fraction of sp³-hybridized carbons (Fsp3) is 0.333. The van der Waals surface area contributed by atoms with Gasteiger partial charge in [-0.1, -0.05) is 41.6 Å². The van der Waals surface area contributed by atoms with E-state index in [1.807, 2.05) is 75.6 Å². The van der Waals surface area contributed by atoms with E-state index in [9.17, 15) is 9.59 Å². The van der Waals surface area contributed by atoms with Gasteiger partial charge in [0.2, 0.25) is 11.8 Å². The average molecular weight is 452 g/mol. The molecule has 1 aromatic heterocycles. The Morgan fingerprint density at radius 1 is 0.938 bits per heavy atom. The molecule has 8 heteroatoms. The second-order valence-electron chi connectivity index (χ2n) is 7.77. The summed E-state index contributed by atoms with van der Waals surface area (Å²) in [5.74, 6) is 0.527. The Kier molecular flexibility index (Phi) is 7.69. The number of carbonyl (C=O) groups is 2. The molecule has 0 aliphatic carbocycles. The molecule has 0 unspecified atom stereocenters. The molecule has 0 aliphatic rings. The van der Waals surface area contributed by atoms with Crippen LogP contribution in [-0.2, 0) is 22.6 Å². The smallest absolute Gasteiger partial charge is 0.234 e. The summed E-state index contributed by atoms with van der Waals surface area (Å²) in [6.45, 7) is 10.6. The Morgan fingerprint density at radius 2 is 1.69 bits per heavy atom. The van der Waals surface area contributed by atoms with Crippen molar-refractivity contribution in [3.05, 3.63) is 64.5 Å². The molecule has 0 spiro atoms. The SMILES string of the molecule is CCn1c(CC(=O)Nc2ccc(C)cc2C)nnc1SCC(=O)Nc1cccc(C)c1C. The third kappa shape index (κ3) is 5.76. The molecular formula is C24H29N5O2S. The summed E-state index contributed by atoms with van der Waals surface area (Å²) in [4.78, 5) is 25.0. The van der Waals surface area contributed by atoms with Crippen molar-refractivity contribution in [3.63, 3.8) is 0 Å². The summed E-state index contributed by atoms with van der Waals surface area (Å²) in [5, 5.41) is 14.9. The van der Waals surface area contributed by atoms with E-state index in [2.05, 4.69) is 20.8 Å². The van der Waals surface area contributed by atoms with Crippen LogP contribution in [0.15, 0.2) is 41.6 Å². The monoisotopic (exact) mass is 451 g/mol. The fourth-order valence-electron chi connectivity index (χ4n) is 3.37. The number of thioether (sulfide) groups is 1. The van der Waals surface area contributed by atoms with Gasteiger partial charge in [0, 0.05) is 17.9 Å². The predicted octanol–water partition coefficient (Wildman–Crippen LogP) is 4.44. The summed E-state index contributed by atoms with van der Waals surface area (Å²) in [5.41, 5.74) is 5.96. The van der Waals surface area contributed by atoms with Crippen LogP contribution in [0.25, 0.3) is 0 Å². The van der Waals surface area contributed by atoms with Gasteiger partial charge in [0.15, 0.2) is 5.16 Å². The zero-order valence-electron chi connectivity index (χ0n) is 19.2. The first-order chi connectivity index (χ1) is 15.3. The van der Waals surface area contributed by atoms with E-state index in [-0.39, 0.29) is 24.0 Å². The number of nitrogens with one attached hydrogen (secondary N) is 2. The molecule has 7 nitrogen and oxygen atoms in total. The van der Waals surface area contributed by atoms with Crippen LogP contribution in [0.5, 0.6) is 0 Å². The molecule has 0 saturated carbocycles. The van der Waals surface area contributed by atoms with E-state index < -0.39 is 0 Å². The number of aromatic nitrogens is 3. The molecule has 0 radical (unpaired) electrons. The molecule has 2 N–H and O–H groups in total. The topological polar surface area (TPSA) is 88.9 Å². The van der Waals surface area contributed by atoms with Crippen molar-refractivity contribution >= 4 is 35.0 Å². The maximum Gasteiger partial charge on any atom is 0.234 e. The summed E-state index contributed by atoms with van der Waals surface area (Å²) in [6, 6.07) is 11.7. The Hall–Kier alpha value is -3.13. The lowest BCUT2D eigenvalue weighted by atomic mass is 10.1. The molecular weight excluding hydrogens is 422 g/mol. The third-order valence-electron chi connectivity index (χ3n) is 5.30. The Bertz CT molecular complexity index is 1140. The van der Waals surface area contributed by atoms with Crippen molar-refractivity contribution in [2.24, 2.45) is 0 Å². The van der Waals surface area contributed by atoms with Gasteiger partial charge in [0.1, 0.15) is 5.82 Å². The number of nitrogens with zero attached hydrogens (tertiary/aromatic N) is 3. The maximum absolute atomic E-state index is 12.6. The Labute approximate surface area is 193 Å². The van der Waals surface area contributed by atoms with Crippen molar-refractivity contribution in [1.29, 1.82) is 0 Å². The van der Waals surface area contributed by atoms with Gasteiger partial charge in [-0.25, -0.2) is 0 Å². The second-order valence-corrected chi connectivity index (χ2v) is 8.71. The lowest BCUT2D eigenvalue weighted by molar-refractivity contribution is -0.116. The van der Waals surface area contributed by atoms with Crippen molar-refractivity contribution in [2.45, 2.75) is 52.7 Å². The number of carbonyl (C=O) groups excluding carboxylic acids is 2. The van der Waals surface area contributed by atoms with Crippen molar-refractivity contribution < 1.29 is 9.59 Å². The van der Waals surface area contributed by atoms with Crippen molar-refractivity contribution in [2.75, 3.05) is 16.4 Å². The van der Waals surface area contributed by atoms with E-state index in [1.165, 1.54) is 11.8 Å². The highest BCUT2D eigenvalue weighted by molar-refractivity contribution is 7.99. The Balaban J connectivity index is 1.61. The van der Waals surface area contributed by atoms with E-state index >= 15 is 0 Å². The minimum atomic E-state index is -0.150. The summed E-state index contributed by atoms with van der Waals surface area (Å²) in [7, 11) is 0. The van der Waals surface area contributed by atoms with E-state index in [0.29, 0.717) is 17.5 Å². The van der Waals surface area contributed by atoms with Crippen LogP contribution in [0, 0.1) is 27.7 Å². The zero-order valence-corrected chi connectivity index (χ0v) is 20.0. The molecule has 0 bridgehead atoms. The molecule has 3 aromatic rings. The lowest BCUT2D eigenvalue weighted by Crippen LogP contribution is -2.18. The van der Waals surface area contributed by atoms with Gasteiger partial charge in [-0.15, -0.1) is 10.2 Å². The molecule has 1 heterocycles. The average Bonchev–Trinajstić information content (AvgIpc) is 3.13. The number of amides is 2. The fourth-order valence-corrected chi connectivity index (χ4v) is 4.19. The third-order valence-corrected chi connectivity index (χ3v) is 6.26. The quantitative estimate of drug-likeness (QED) is 0.494. The van der Waals surface area contributed by atoms with Crippen LogP contribution >= 0.6 is 11.8 Å². The maximum atomic E-state index is 12.6. The highest BCUT2D eigenvalue weighted by Crippen LogP contribution is 2.21. The van der Waals surface area contributed by atoms with Gasteiger partial charge < -0.3 is 15.2 Å². The van der Waals surface area contributed by atoms with Gasteiger partial charge in [-0.3, -0.25) is 9.59 Å². The van der Waals surface area contributed by atoms with Crippen LogP contribution < -0.4 is 10.6 Å². The number of benzene rings is 2. The molecule has 0 aliphatic heterocycles. The molecule has 168 valence electrons. The van der Waals surface area contributed by atoms with E-state index in [1.54, 1.807) is 0 Å². The molecule has 2 amide bonds. The molecule has 2 aromatic carbocycles. The van der Waals surface area contributed by atoms with Crippen LogP contribution in [0.2, 0.25) is 0 Å². The van der Waals surface area contributed by atoms with Crippen molar-refractivity contribution in [3.8, 4) is 0 Å². The number of anilines is 2. The normalized spacial score (nSPS) is 10.8. The summed E-state index contributed by atoms with van der Waals surface area (Å²) >= 11 is 1.31. The number of hydrogen-bond acceptors (Lipinski definition) is 5. The van der Waals surface area contributed by atoms with Crippen molar-refractivity contribution in [1.82, 2.24) is 14.8 Å². The van der Waals surface area contributed by atoms with Gasteiger partial charge in [0.05, 0.1) is 12.2 Å². The standard InChI is InChI=1S/C24H29N5O2S/c1-6-29-21(13-22(30)25-19-11-10-15(2)12-17(19)4)27-28-24(29)32-14-23(31)26-20-9-7-8-16(3)18(20)5/h7-12H,6,13-14H2,1-5H3,(H,25,30)(H,26,31). The van der Waals surface area contributed by atoms with Gasteiger partial charge >= 0.3 is 0 Å². The molecule has 32 heavy (non-hydrogen) atoms. The van der Waals surface area contributed by atoms with Gasteiger partial charge in [0.25, 0.3) is 0 Å². The lowest BCUT2D eigenvalue weighted by Gasteiger charge is -2.11. The first kappa shape index (κ1) is 23.5. The summed E-state index contributed by atoms with van der Waals surface area (Å²) in [6.07, 6.45) is 0.114. The summed E-state index contributed by atoms with van der Waals surface area (Å²) < 4.78 is 1.87. The Morgan fingerprint density at radius 3 is 2.41 bits per heavy atom. The molecule has 0 atom stereocenters. The highest BCUT2D eigenvalue weighted by Gasteiger charge is 2.17. The molecule has 3 rings (SSSR count). The zero-order chi connectivity index (χ0) is 23.3. The number of aryl methyl sites for hydroxylation is 3. The van der Waals surface area contributed by atoms with Crippen LogP contribution in [0.4, 0.5) is 11.4 Å². The first-order valence-corrected chi connectivity index (χ1v) is 11.5. The highest BCUT2D eigenvalue weighted by atomic mass is 32.2. The van der Waals surface area contributed by atoms with Crippen LogP contribution in [0.1, 0.15) is 35.0 Å². The predicted molar refractivity (Wildman–Crippen MR) is 129 cm³/mol. The van der Waals surface area contributed by atoms with Gasteiger partial charge in [-0.2, -0.15) is 0 Å². The van der Waals surface area contributed by atoms with Crippen LogP contribution in [0.3, 0.4) is 0 Å². The largest absolute Gasteiger partial charge is 0.325 e. The minimum absolute atomic E-state index is 0.108. The first-order valence-electron chi connectivity index (χ1n) is 10.6. The van der Waals surface area contributed by atoms with Gasteiger partial charge in [-0.05, 0) is 63.4 Å². The molecule has 0 saturated heterocycles. The van der Waals surface area contributed by atoms with E-state index in [4.69, 9.17) is 0 Å². The number of rotatable bonds is 8. The molecule has 0 fully saturated rings. The van der Waals surface area contributed by atoms with Crippen LogP contribution in [-0.4, -0.2) is 32.3 Å². The second kappa shape index (κ2) is 10.5. The minimum Gasteiger partial charge on any atom is -0.325 e.